The summed E-state index contributed by atoms with van der Waals surface area (Å²) in [6.45, 7) is 1.75. The van der Waals surface area contributed by atoms with Crippen molar-refractivity contribution in [3.8, 4) is 0 Å². The molecule has 3 N–H and O–H groups in total. The minimum atomic E-state index is -1.14. The Kier molecular flexibility index (Phi) is 3.98. The molecule has 104 valence electrons. The number of carbonyl (C=O) groups excluding carboxylic acids is 1. The maximum atomic E-state index is 13.5. The molecule has 0 aliphatic heterocycles. The maximum absolute atomic E-state index is 13.5. The van der Waals surface area contributed by atoms with Crippen LogP contribution in [0.3, 0.4) is 0 Å². The van der Waals surface area contributed by atoms with E-state index in [1.54, 1.807) is 31.2 Å². The summed E-state index contributed by atoms with van der Waals surface area (Å²) in [4.78, 5) is 11.9. The number of nitrogen functional groups attached to an aromatic ring is 1. The van der Waals surface area contributed by atoms with Gasteiger partial charge in [0.1, 0.15) is 0 Å². The molecule has 0 fully saturated rings. The highest BCUT2D eigenvalue weighted by Crippen LogP contribution is 2.16. The zero-order valence-corrected chi connectivity index (χ0v) is 10.9. The van der Waals surface area contributed by atoms with Gasteiger partial charge in [-0.15, -0.1) is 0 Å². The predicted molar refractivity (Wildman–Crippen MR) is 73.1 cm³/mol. The number of amides is 1. The molecular weight excluding hydrogens is 262 g/mol. The Morgan fingerprint density at radius 2 is 1.80 bits per heavy atom. The van der Waals surface area contributed by atoms with Gasteiger partial charge in [-0.05, 0) is 36.8 Å². The largest absolute Gasteiger partial charge is 0.399 e. The molecule has 0 bridgehead atoms. The summed E-state index contributed by atoms with van der Waals surface area (Å²) in [6.07, 6.45) is 0. The first-order valence-corrected chi connectivity index (χ1v) is 6.09. The molecule has 0 spiro atoms. The summed E-state index contributed by atoms with van der Waals surface area (Å²) >= 11 is 0. The van der Waals surface area contributed by atoms with Crippen LogP contribution in [0.5, 0.6) is 0 Å². The third-order valence-electron chi connectivity index (χ3n) is 2.98. The first kappa shape index (κ1) is 14.0. The van der Waals surface area contributed by atoms with Crippen LogP contribution in [0.25, 0.3) is 0 Å². The van der Waals surface area contributed by atoms with Gasteiger partial charge in [0.2, 0.25) is 0 Å². The molecule has 2 aromatic rings. The van der Waals surface area contributed by atoms with Crippen molar-refractivity contribution in [1.29, 1.82) is 0 Å². The second-order valence-corrected chi connectivity index (χ2v) is 4.46. The first-order valence-electron chi connectivity index (χ1n) is 6.09. The van der Waals surface area contributed by atoms with E-state index in [4.69, 9.17) is 5.73 Å². The fraction of sp³-hybridized carbons (Fsp3) is 0.133. The van der Waals surface area contributed by atoms with Crippen molar-refractivity contribution in [1.82, 2.24) is 5.32 Å². The fourth-order valence-corrected chi connectivity index (χ4v) is 1.82. The molecule has 20 heavy (non-hydrogen) atoms. The van der Waals surface area contributed by atoms with Crippen LogP contribution >= 0.6 is 0 Å². The number of hydrogen-bond acceptors (Lipinski definition) is 2. The van der Waals surface area contributed by atoms with E-state index >= 15 is 0 Å². The Hall–Kier alpha value is -2.43. The molecule has 2 aromatic carbocycles. The number of halogens is 2. The maximum Gasteiger partial charge on any atom is 0.254 e. The standard InChI is InChI=1S/C15H14F2N2O/c1-9(10-5-7-11(18)8-6-10)19-15(20)12-3-2-4-13(16)14(12)17/h2-9H,18H2,1H3,(H,19,20). The smallest absolute Gasteiger partial charge is 0.254 e. The summed E-state index contributed by atoms with van der Waals surface area (Å²) in [5.74, 6) is -2.85. The van der Waals surface area contributed by atoms with E-state index in [9.17, 15) is 13.6 Å². The number of nitrogens with one attached hydrogen (secondary N) is 1. The number of rotatable bonds is 3. The number of benzene rings is 2. The van der Waals surface area contributed by atoms with Gasteiger partial charge >= 0.3 is 0 Å². The van der Waals surface area contributed by atoms with Gasteiger partial charge in [-0.25, -0.2) is 8.78 Å². The van der Waals surface area contributed by atoms with Crippen LogP contribution in [0.4, 0.5) is 14.5 Å². The van der Waals surface area contributed by atoms with Crippen LogP contribution in [0, 0.1) is 11.6 Å². The lowest BCUT2D eigenvalue weighted by molar-refractivity contribution is 0.0934. The number of nitrogens with two attached hydrogens (primary N) is 1. The highest BCUT2D eigenvalue weighted by Gasteiger charge is 2.17. The summed E-state index contributed by atoms with van der Waals surface area (Å²) < 4.78 is 26.6. The van der Waals surface area contributed by atoms with E-state index < -0.39 is 17.5 Å². The van der Waals surface area contributed by atoms with Crippen molar-refractivity contribution < 1.29 is 13.6 Å². The molecule has 0 aromatic heterocycles. The summed E-state index contributed by atoms with van der Waals surface area (Å²) in [5.41, 5.74) is 6.70. The minimum Gasteiger partial charge on any atom is -0.399 e. The van der Waals surface area contributed by atoms with Crippen LogP contribution in [0.1, 0.15) is 28.9 Å². The Morgan fingerprint density at radius 1 is 1.15 bits per heavy atom. The lowest BCUT2D eigenvalue weighted by Crippen LogP contribution is -2.27. The second kappa shape index (κ2) is 5.69. The van der Waals surface area contributed by atoms with Crippen molar-refractivity contribution in [3.05, 3.63) is 65.2 Å². The molecule has 3 nitrogen and oxygen atoms in total. The molecule has 5 heteroatoms. The van der Waals surface area contributed by atoms with Gasteiger partial charge in [0.15, 0.2) is 11.6 Å². The molecule has 0 heterocycles. The van der Waals surface area contributed by atoms with Gasteiger partial charge in [0, 0.05) is 5.69 Å². The van der Waals surface area contributed by atoms with Crippen molar-refractivity contribution in [2.75, 3.05) is 5.73 Å². The highest BCUT2D eigenvalue weighted by molar-refractivity contribution is 5.94. The fourth-order valence-electron chi connectivity index (χ4n) is 1.82. The molecular formula is C15H14F2N2O. The van der Waals surface area contributed by atoms with E-state index in [-0.39, 0.29) is 11.6 Å². The normalized spacial score (nSPS) is 11.9. The van der Waals surface area contributed by atoms with Crippen LogP contribution in [-0.2, 0) is 0 Å². The van der Waals surface area contributed by atoms with E-state index in [0.29, 0.717) is 5.69 Å². The zero-order valence-electron chi connectivity index (χ0n) is 10.9. The van der Waals surface area contributed by atoms with Gasteiger partial charge in [0.25, 0.3) is 5.91 Å². The van der Waals surface area contributed by atoms with Crippen LogP contribution in [0.2, 0.25) is 0 Å². The number of anilines is 1. The molecule has 0 aliphatic rings. The first-order chi connectivity index (χ1) is 9.49. The third kappa shape index (κ3) is 2.93. The van der Waals surface area contributed by atoms with Crippen molar-refractivity contribution in [3.63, 3.8) is 0 Å². The lowest BCUT2D eigenvalue weighted by atomic mass is 10.1. The predicted octanol–water partition coefficient (Wildman–Crippen LogP) is 3.04. The monoisotopic (exact) mass is 276 g/mol. The van der Waals surface area contributed by atoms with Crippen molar-refractivity contribution in [2.45, 2.75) is 13.0 Å². The topological polar surface area (TPSA) is 55.1 Å². The molecule has 1 atom stereocenters. The Balaban J connectivity index is 2.15. The summed E-state index contributed by atoms with van der Waals surface area (Å²) in [7, 11) is 0. The van der Waals surface area contributed by atoms with Gasteiger partial charge in [-0.1, -0.05) is 18.2 Å². The van der Waals surface area contributed by atoms with Crippen LogP contribution in [-0.4, -0.2) is 5.91 Å². The average Bonchev–Trinajstić information content (AvgIpc) is 2.42. The molecule has 0 aliphatic carbocycles. The van der Waals surface area contributed by atoms with Gasteiger partial charge < -0.3 is 11.1 Å². The molecule has 0 saturated heterocycles. The molecule has 0 radical (unpaired) electrons. The van der Waals surface area contributed by atoms with Crippen molar-refractivity contribution >= 4 is 11.6 Å². The Labute approximate surface area is 115 Å². The summed E-state index contributed by atoms with van der Waals surface area (Å²) in [5, 5.41) is 2.61. The Bertz CT molecular complexity index is 626. The molecule has 2 rings (SSSR count). The van der Waals surface area contributed by atoms with Crippen LogP contribution in [0.15, 0.2) is 42.5 Å². The number of hydrogen-bond donors (Lipinski definition) is 2. The van der Waals surface area contributed by atoms with E-state index in [1.165, 1.54) is 12.1 Å². The van der Waals surface area contributed by atoms with Crippen molar-refractivity contribution in [2.24, 2.45) is 0 Å². The SMILES string of the molecule is CC(NC(=O)c1cccc(F)c1F)c1ccc(N)cc1. The molecule has 1 unspecified atom stereocenters. The lowest BCUT2D eigenvalue weighted by Gasteiger charge is -2.15. The summed E-state index contributed by atoms with van der Waals surface area (Å²) in [6, 6.07) is 10.1. The minimum absolute atomic E-state index is 0.313. The quantitative estimate of drug-likeness (QED) is 0.847. The van der Waals surface area contributed by atoms with E-state index in [0.717, 1.165) is 11.6 Å². The highest BCUT2D eigenvalue weighted by atomic mass is 19.2. The zero-order chi connectivity index (χ0) is 14.7. The second-order valence-electron chi connectivity index (χ2n) is 4.46. The van der Waals surface area contributed by atoms with E-state index in [1.807, 2.05) is 0 Å². The third-order valence-corrected chi connectivity index (χ3v) is 2.98. The molecule has 0 saturated carbocycles. The van der Waals surface area contributed by atoms with Gasteiger partial charge in [-0.3, -0.25) is 4.79 Å². The molecule has 1 amide bonds. The number of carbonyl (C=O) groups is 1. The Morgan fingerprint density at radius 3 is 2.45 bits per heavy atom. The van der Waals surface area contributed by atoms with E-state index in [2.05, 4.69) is 5.32 Å². The van der Waals surface area contributed by atoms with Crippen LogP contribution < -0.4 is 11.1 Å². The van der Waals surface area contributed by atoms with Gasteiger partial charge in [0.05, 0.1) is 11.6 Å². The van der Waals surface area contributed by atoms with Gasteiger partial charge in [-0.2, -0.15) is 0 Å². The average molecular weight is 276 g/mol.